The first-order valence-corrected chi connectivity index (χ1v) is 23.0. The molecule has 0 aliphatic carbocycles. The number of fused-ring (bicyclic) bond motifs is 6. The molecule has 2 aromatic heterocycles. The van der Waals surface area contributed by atoms with E-state index in [4.69, 9.17) is 24.9 Å². The summed E-state index contributed by atoms with van der Waals surface area (Å²) >= 11 is 1.44. The van der Waals surface area contributed by atoms with Crippen LogP contribution < -0.4 is 16.5 Å². The fourth-order valence-corrected chi connectivity index (χ4v) is 10.2. The van der Waals surface area contributed by atoms with Crippen molar-refractivity contribution >= 4 is 57.6 Å². The molecule has 2 saturated heterocycles. The van der Waals surface area contributed by atoms with E-state index in [1.807, 2.05) is 46.2 Å². The van der Waals surface area contributed by atoms with Crippen molar-refractivity contribution in [3.8, 4) is 11.3 Å². The van der Waals surface area contributed by atoms with Gasteiger partial charge in [0.2, 0.25) is 17.7 Å². The highest BCUT2D eigenvalue weighted by Crippen LogP contribution is 2.39. The van der Waals surface area contributed by atoms with Gasteiger partial charge in [0.15, 0.2) is 0 Å². The molecule has 0 unspecified atom stereocenters. The Bertz CT molecular complexity index is 2300. The van der Waals surface area contributed by atoms with Crippen LogP contribution in [-0.2, 0) is 53.3 Å². The van der Waals surface area contributed by atoms with Gasteiger partial charge in [0.25, 0.3) is 0 Å². The van der Waals surface area contributed by atoms with Crippen LogP contribution in [0.15, 0.2) is 41.9 Å². The summed E-state index contributed by atoms with van der Waals surface area (Å²) in [6.45, 7) is 16.8. The van der Waals surface area contributed by atoms with Gasteiger partial charge < -0.3 is 39.6 Å². The van der Waals surface area contributed by atoms with E-state index in [1.165, 1.54) is 33.3 Å². The quantitative estimate of drug-likeness (QED) is 0.185. The number of hydrazine groups is 1. The Kier molecular flexibility index (Phi) is 15.0. The van der Waals surface area contributed by atoms with Gasteiger partial charge in [0.05, 0.1) is 48.1 Å². The molecule has 16 nitrogen and oxygen atoms in total. The maximum Gasteiger partial charge on any atom is 0.409 e. The summed E-state index contributed by atoms with van der Waals surface area (Å²) in [5, 5.41) is 8.16. The normalized spacial score (nSPS) is 22.9. The molecule has 3 aliphatic rings. The highest BCUT2D eigenvalue weighted by atomic mass is 32.1. The molecule has 3 aliphatic heterocycles. The van der Waals surface area contributed by atoms with Crippen molar-refractivity contribution in [2.45, 2.75) is 85.4 Å². The first-order chi connectivity index (χ1) is 30.3. The third-order valence-corrected chi connectivity index (χ3v) is 13.9. The minimum atomic E-state index is -0.847. The van der Waals surface area contributed by atoms with E-state index in [2.05, 4.69) is 47.9 Å². The summed E-state index contributed by atoms with van der Waals surface area (Å²) in [6, 6.07) is 4.62. The molecule has 0 radical (unpaired) electrons. The van der Waals surface area contributed by atoms with Crippen molar-refractivity contribution in [1.82, 2.24) is 35.1 Å². The van der Waals surface area contributed by atoms with Gasteiger partial charge in [0.1, 0.15) is 12.1 Å². The first kappa shape index (κ1) is 48.2. The molecule has 1 aromatic carbocycles. The Balaban J connectivity index is 1.34. The SMILES string of the molecule is C=C/C(=C(\N)[C@H](C)OC)c1c2c3cc(ccc3n1C)-c1csc(n1)C[C@H](CNC(=O)[C@H](C(C)C)N(C)C(=O)[C@@H]1CN(C(=O)OC)C[C@@H]1C)C(=O)N1CCC[C@H](N1)C(=O)OCC(C)(C)C2. The molecule has 2 fully saturated rings. The van der Waals surface area contributed by atoms with Gasteiger partial charge in [-0.2, -0.15) is 0 Å². The summed E-state index contributed by atoms with van der Waals surface area (Å²) in [6.07, 6.45) is 2.70. The fraction of sp³-hybridized carbons (Fsp3) is 0.574. The monoisotopic (exact) mass is 902 g/mol. The number of cyclic esters (lactones) is 1. The van der Waals surface area contributed by atoms with Crippen molar-refractivity contribution in [2.24, 2.45) is 41.9 Å². The number of benzene rings is 1. The Morgan fingerprint density at radius 3 is 2.59 bits per heavy atom. The van der Waals surface area contributed by atoms with E-state index in [1.54, 1.807) is 20.2 Å². The summed E-state index contributed by atoms with van der Waals surface area (Å²) in [5.74, 6) is -3.06. The van der Waals surface area contributed by atoms with Crippen LogP contribution in [0.25, 0.3) is 27.7 Å². The number of amides is 4. The molecule has 6 bridgehead atoms. The van der Waals surface area contributed by atoms with Gasteiger partial charge in [-0.1, -0.05) is 53.3 Å². The average Bonchev–Trinajstić information content (AvgIpc) is 3.98. The number of aryl methyl sites for hydroxylation is 1. The molecule has 6 atom stereocenters. The molecule has 348 valence electrons. The number of carbonyl (C=O) groups excluding carboxylic acids is 5. The van der Waals surface area contributed by atoms with Crippen molar-refractivity contribution in [1.29, 1.82) is 0 Å². The van der Waals surface area contributed by atoms with Crippen molar-refractivity contribution in [2.75, 3.05) is 54.1 Å². The second kappa shape index (κ2) is 19.9. The Morgan fingerprint density at radius 1 is 1.19 bits per heavy atom. The van der Waals surface area contributed by atoms with Crippen LogP contribution in [0.5, 0.6) is 0 Å². The Morgan fingerprint density at radius 2 is 1.92 bits per heavy atom. The lowest BCUT2D eigenvalue weighted by Crippen LogP contribution is -2.58. The van der Waals surface area contributed by atoms with Crippen LogP contribution in [0.3, 0.4) is 0 Å². The second-order valence-electron chi connectivity index (χ2n) is 18.7. The number of likely N-dealkylation sites (tertiary alicyclic amines) is 1. The second-order valence-corrected chi connectivity index (χ2v) is 19.6. The predicted octanol–water partition coefficient (Wildman–Crippen LogP) is 4.91. The standard InChI is InChI=1S/C47H66N8O8S/c1-12-31(39(48)28(5)61-10)41-33-20-47(6,7)25-63-45(59)35-14-13-17-55(51-35)43(57)30(19-38-50-36(24-64-38)29-15-16-37(52(41)8)32(33)18-29)21-49-42(56)40(26(2)3)53(9)44(58)34-23-54(22-27(34)4)46(60)62-11/h12,15-16,18,24,26-28,30,34-35,40,51H,1,13-14,17,19-23,25,48H2,2-11H3,(H,49,56)/b39-31+/t27-,28-,30+,34+,35-,40-/m0/s1. The predicted molar refractivity (Wildman–Crippen MR) is 246 cm³/mol. The largest absolute Gasteiger partial charge is 0.464 e. The van der Waals surface area contributed by atoms with Crippen LogP contribution in [0.4, 0.5) is 4.79 Å². The highest BCUT2D eigenvalue weighted by molar-refractivity contribution is 7.10. The number of carbonyl (C=O) groups is 5. The number of methoxy groups -OCH3 is 2. The van der Waals surface area contributed by atoms with Gasteiger partial charge >= 0.3 is 12.1 Å². The van der Waals surface area contributed by atoms with E-state index in [9.17, 15) is 24.0 Å². The van der Waals surface area contributed by atoms with Gasteiger partial charge in [0, 0.05) is 92.3 Å². The number of nitrogens with one attached hydrogen (secondary N) is 2. The molecule has 4 amide bonds. The van der Waals surface area contributed by atoms with Crippen molar-refractivity contribution < 1.29 is 38.2 Å². The third kappa shape index (κ3) is 10.0. The number of hydrogen-bond acceptors (Lipinski definition) is 12. The number of ether oxygens (including phenoxy) is 3. The summed E-state index contributed by atoms with van der Waals surface area (Å²) in [4.78, 5) is 76.6. The third-order valence-electron chi connectivity index (χ3n) is 13.0. The maximum atomic E-state index is 14.5. The van der Waals surface area contributed by atoms with Gasteiger partial charge in [-0.05, 0) is 55.7 Å². The molecule has 6 rings (SSSR count). The number of hydrogen-bond donors (Lipinski definition) is 3. The zero-order valence-electron chi connectivity index (χ0n) is 39.0. The Hall–Kier alpha value is -5.26. The fourth-order valence-electron chi connectivity index (χ4n) is 9.35. The molecule has 0 saturated carbocycles. The number of allylic oxidation sites excluding steroid dienone is 2. The summed E-state index contributed by atoms with van der Waals surface area (Å²) < 4.78 is 18.7. The number of nitrogens with zero attached hydrogens (tertiary/aromatic N) is 5. The lowest BCUT2D eigenvalue weighted by molar-refractivity contribution is -0.155. The van der Waals surface area contributed by atoms with Gasteiger partial charge in [-0.3, -0.25) is 24.2 Å². The van der Waals surface area contributed by atoms with E-state index in [0.717, 1.165) is 39.0 Å². The minimum absolute atomic E-state index is 0.0403. The number of aromatic nitrogens is 2. The van der Waals surface area contributed by atoms with Crippen molar-refractivity contribution in [3.63, 3.8) is 0 Å². The van der Waals surface area contributed by atoms with E-state index in [0.29, 0.717) is 43.1 Å². The molecule has 0 spiro atoms. The molecule has 17 heteroatoms. The topological polar surface area (TPSA) is 191 Å². The van der Waals surface area contributed by atoms with E-state index >= 15 is 0 Å². The number of thiazole rings is 1. The molecular formula is C47H66N8O8S. The van der Waals surface area contributed by atoms with Crippen LogP contribution >= 0.6 is 11.3 Å². The smallest absolute Gasteiger partial charge is 0.409 e. The summed E-state index contributed by atoms with van der Waals surface area (Å²) in [5.41, 5.74) is 15.2. The van der Waals surface area contributed by atoms with E-state index in [-0.39, 0.29) is 55.9 Å². The number of esters is 1. The Labute approximate surface area is 380 Å². The molecule has 64 heavy (non-hydrogen) atoms. The van der Waals surface area contributed by atoms with Crippen LogP contribution in [0.1, 0.15) is 70.6 Å². The molecule has 4 N–H and O–H groups in total. The van der Waals surface area contributed by atoms with Crippen LogP contribution in [-0.4, -0.2) is 126 Å². The van der Waals surface area contributed by atoms with Crippen molar-refractivity contribution in [3.05, 3.63) is 58.2 Å². The number of rotatable bonds is 10. The zero-order valence-corrected chi connectivity index (χ0v) is 39.8. The maximum absolute atomic E-state index is 14.5. The van der Waals surface area contributed by atoms with Gasteiger partial charge in [-0.15, -0.1) is 11.3 Å². The lowest BCUT2D eigenvalue weighted by Gasteiger charge is -2.36. The molecular weight excluding hydrogens is 837 g/mol. The average molecular weight is 903 g/mol. The summed E-state index contributed by atoms with van der Waals surface area (Å²) in [7, 11) is 6.54. The molecule has 3 aromatic rings. The molecule has 5 heterocycles. The lowest BCUT2D eigenvalue weighted by atomic mass is 9.84. The highest BCUT2D eigenvalue weighted by Gasteiger charge is 2.42. The van der Waals surface area contributed by atoms with Gasteiger partial charge in [-0.25, -0.2) is 15.2 Å². The number of likely N-dealkylation sites (N-methyl/N-ethyl adjacent to an activating group) is 1. The minimum Gasteiger partial charge on any atom is -0.464 e. The van der Waals surface area contributed by atoms with Crippen LogP contribution in [0.2, 0.25) is 0 Å². The first-order valence-electron chi connectivity index (χ1n) is 22.1. The zero-order chi connectivity index (χ0) is 46.8. The van der Waals surface area contributed by atoms with Crippen LogP contribution in [0, 0.1) is 29.1 Å². The number of nitrogens with two attached hydrogens (primary N) is 1. The van der Waals surface area contributed by atoms with E-state index < -0.39 is 47.3 Å².